The number of nitrogens with zero attached hydrogens (tertiary/aromatic N) is 1. The zero-order valence-corrected chi connectivity index (χ0v) is 12.5. The van der Waals surface area contributed by atoms with E-state index in [9.17, 15) is 0 Å². The summed E-state index contributed by atoms with van der Waals surface area (Å²) in [5.41, 5.74) is 7.04. The highest BCUT2D eigenvalue weighted by molar-refractivity contribution is 8.14. The van der Waals surface area contributed by atoms with Gasteiger partial charge in [-0.25, -0.2) is 0 Å². The largest absolute Gasteiger partial charge is 0.291 e. The fourth-order valence-electron chi connectivity index (χ4n) is 2.19. The monoisotopic (exact) mass is 282 g/mol. The first kappa shape index (κ1) is 13.3. The lowest BCUT2D eigenvalue weighted by atomic mass is 10.0. The Kier molecular flexibility index (Phi) is 3.79. The maximum atomic E-state index is 4.45. The Morgan fingerprint density at radius 3 is 2.35 bits per heavy atom. The Bertz CT molecular complexity index is 603. The van der Waals surface area contributed by atoms with Crippen LogP contribution in [0.3, 0.4) is 0 Å². The lowest BCUT2D eigenvalue weighted by Crippen LogP contribution is -2.06. The van der Waals surface area contributed by atoms with Gasteiger partial charge >= 0.3 is 0 Å². The third-order valence-corrected chi connectivity index (χ3v) is 4.60. The van der Waals surface area contributed by atoms with E-state index >= 15 is 0 Å². The van der Waals surface area contributed by atoms with E-state index in [2.05, 4.69) is 60.8 Å². The SMILES string of the molecule is CC(C)c1ccc([C@@H]2NN=C(c3ccccc3)S2)cc1. The molecule has 0 saturated heterocycles. The van der Waals surface area contributed by atoms with E-state index < -0.39 is 0 Å². The number of hydrogen-bond acceptors (Lipinski definition) is 3. The average molecular weight is 282 g/mol. The molecule has 0 aromatic heterocycles. The fourth-order valence-corrected chi connectivity index (χ4v) is 3.19. The highest BCUT2D eigenvalue weighted by Crippen LogP contribution is 2.34. The molecule has 2 aromatic carbocycles. The van der Waals surface area contributed by atoms with Crippen LogP contribution < -0.4 is 5.43 Å². The van der Waals surface area contributed by atoms with Crippen molar-refractivity contribution in [2.45, 2.75) is 25.1 Å². The second-order valence-corrected chi connectivity index (χ2v) is 6.33. The maximum Gasteiger partial charge on any atom is 0.126 e. The van der Waals surface area contributed by atoms with E-state index in [1.807, 2.05) is 18.2 Å². The summed E-state index contributed by atoms with van der Waals surface area (Å²) in [6.07, 6.45) is 0. The summed E-state index contributed by atoms with van der Waals surface area (Å²) in [7, 11) is 0. The summed E-state index contributed by atoms with van der Waals surface area (Å²) in [4.78, 5) is 0. The van der Waals surface area contributed by atoms with E-state index in [1.54, 1.807) is 11.8 Å². The molecule has 1 N–H and O–H groups in total. The molecule has 0 amide bonds. The molecule has 0 radical (unpaired) electrons. The number of rotatable bonds is 3. The van der Waals surface area contributed by atoms with Crippen molar-refractivity contribution in [3.05, 3.63) is 71.3 Å². The molecule has 0 saturated carbocycles. The minimum atomic E-state index is 0.214. The molecule has 0 bridgehead atoms. The summed E-state index contributed by atoms with van der Waals surface area (Å²) in [5.74, 6) is 0.573. The number of hydrogen-bond donors (Lipinski definition) is 1. The average Bonchev–Trinajstić information content (AvgIpc) is 2.98. The highest BCUT2D eigenvalue weighted by atomic mass is 32.2. The highest BCUT2D eigenvalue weighted by Gasteiger charge is 2.21. The molecule has 1 heterocycles. The molecule has 102 valence electrons. The van der Waals surface area contributed by atoms with E-state index in [1.165, 1.54) is 16.7 Å². The smallest absolute Gasteiger partial charge is 0.126 e. The van der Waals surface area contributed by atoms with Gasteiger partial charge in [0, 0.05) is 5.56 Å². The van der Waals surface area contributed by atoms with Gasteiger partial charge in [0.05, 0.1) is 0 Å². The summed E-state index contributed by atoms with van der Waals surface area (Å²) < 4.78 is 0. The number of benzene rings is 2. The molecular formula is C17H18N2S. The van der Waals surface area contributed by atoms with Gasteiger partial charge in [-0.3, -0.25) is 5.43 Å². The molecule has 0 fully saturated rings. The number of hydrazone groups is 1. The van der Waals surface area contributed by atoms with Gasteiger partial charge in [0.2, 0.25) is 0 Å². The lowest BCUT2D eigenvalue weighted by molar-refractivity contribution is 0.742. The standard InChI is InChI=1S/C17H18N2S/c1-12(2)13-8-10-15(11-9-13)17-19-18-16(20-17)14-6-4-3-5-7-14/h3-12,17,19H,1-2H3/t17-/m1/s1. The van der Waals surface area contributed by atoms with Crippen LogP contribution in [-0.2, 0) is 0 Å². The Morgan fingerprint density at radius 2 is 1.70 bits per heavy atom. The normalized spacial score (nSPS) is 17.9. The Labute approximate surface area is 124 Å². The predicted molar refractivity (Wildman–Crippen MR) is 87.0 cm³/mol. The first-order valence-electron chi connectivity index (χ1n) is 6.89. The topological polar surface area (TPSA) is 24.4 Å². The van der Waals surface area contributed by atoms with Crippen LogP contribution in [0.1, 0.15) is 41.8 Å². The van der Waals surface area contributed by atoms with Crippen molar-refractivity contribution in [3.8, 4) is 0 Å². The molecule has 2 aromatic rings. The molecule has 2 nitrogen and oxygen atoms in total. The van der Waals surface area contributed by atoms with Crippen LogP contribution in [0.2, 0.25) is 0 Å². The minimum Gasteiger partial charge on any atom is -0.291 e. The second-order valence-electron chi connectivity index (χ2n) is 5.23. The molecule has 3 heteroatoms. The van der Waals surface area contributed by atoms with Gasteiger partial charge in [-0.15, -0.1) is 0 Å². The predicted octanol–water partition coefficient (Wildman–Crippen LogP) is 4.51. The van der Waals surface area contributed by atoms with Crippen LogP contribution in [-0.4, -0.2) is 5.04 Å². The number of nitrogens with one attached hydrogen (secondary N) is 1. The van der Waals surface area contributed by atoms with E-state index in [0.29, 0.717) is 5.92 Å². The van der Waals surface area contributed by atoms with Crippen molar-refractivity contribution in [2.24, 2.45) is 5.10 Å². The van der Waals surface area contributed by atoms with Crippen LogP contribution in [0.25, 0.3) is 0 Å². The summed E-state index contributed by atoms with van der Waals surface area (Å²) in [6.45, 7) is 4.43. The van der Waals surface area contributed by atoms with Crippen molar-refractivity contribution < 1.29 is 0 Å². The molecule has 0 aliphatic carbocycles. The van der Waals surface area contributed by atoms with E-state index in [0.717, 1.165) is 5.04 Å². The second kappa shape index (κ2) is 5.71. The summed E-state index contributed by atoms with van der Waals surface area (Å²) in [6, 6.07) is 19.1. The maximum absolute atomic E-state index is 4.45. The van der Waals surface area contributed by atoms with E-state index in [-0.39, 0.29) is 5.37 Å². The van der Waals surface area contributed by atoms with Crippen molar-refractivity contribution in [1.29, 1.82) is 0 Å². The first-order chi connectivity index (χ1) is 9.74. The zero-order chi connectivity index (χ0) is 13.9. The van der Waals surface area contributed by atoms with Crippen molar-refractivity contribution >= 4 is 16.8 Å². The van der Waals surface area contributed by atoms with Gasteiger partial charge in [0.15, 0.2) is 0 Å². The van der Waals surface area contributed by atoms with Crippen LogP contribution in [0.5, 0.6) is 0 Å². The third-order valence-electron chi connectivity index (χ3n) is 3.44. The molecule has 1 atom stereocenters. The van der Waals surface area contributed by atoms with Crippen molar-refractivity contribution in [1.82, 2.24) is 5.43 Å². The lowest BCUT2D eigenvalue weighted by Gasteiger charge is -2.11. The summed E-state index contributed by atoms with van der Waals surface area (Å²) in [5, 5.41) is 5.72. The molecule has 0 unspecified atom stereocenters. The zero-order valence-electron chi connectivity index (χ0n) is 11.7. The van der Waals surface area contributed by atoms with E-state index in [4.69, 9.17) is 0 Å². The van der Waals surface area contributed by atoms with Gasteiger partial charge in [-0.1, -0.05) is 80.2 Å². The van der Waals surface area contributed by atoms with Gasteiger partial charge < -0.3 is 0 Å². The van der Waals surface area contributed by atoms with Gasteiger partial charge in [0.25, 0.3) is 0 Å². The molecule has 3 rings (SSSR count). The molecular weight excluding hydrogens is 264 g/mol. The molecule has 0 spiro atoms. The fraction of sp³-hybridized carbons (Fsp3) is 0.235. The quantitative estimate of drug-likeness (QED) is 0.896. The molecule has 1 aliphatic heterocycles. The van der Waals surface area contributed by atoms with Crippen LogP contribution >= 0.6 is 11.8 Å². The number of thioether (sulfide) groups is 1. The Balaban J connectivity index is 1.73. The molecule has 20 heavy (non-hydrogen) atoms. The van der Waals surface area contributed by atoms with Gasteiger partial charge in [-0.2, -0.15) is 5.10 Å². The van der Waals surface area contributed by atoms with Crippen molar-refractivity contribution in [2.75, 3.05) is 0 Å². The van der Waals surface area contributed by atoms with Crippen LogP contribution in [0, 0.1) is 0 Å². The first-order valence-corrected chi connectivity index (χ1v) is 7.77. The Morgan fingerprint density at radius 1 is 1.00 bits per heavy atom. The Hall–Kier alpha value is -1.74. The van der Waals surface area contributed by atoms with Gasteiger partial charge in [-0.05, 0) is 17.0 Å². The van der Waals surface area contributed by atoms with Gasteiger partial charge in [0.1, 0.15) is 10.4 Å². The third kappa shape index (κ3) is 2.73. The van der Waals surface area contributed by atoms with Crippen molar-refractivity contribution in [3.63, 3.8) is 0 Å². The minimum absolute atomic E-state index is 0.214. The summed E-state index contributed by atoms with van der Waals surface area (Å²) >= 11 is 1.77. The van der Waals surface area contributed by atoms with Crippen LogP contribution in [0.4, 0.5) is 0 Å². The van der Waals surface area contributed by atoms with Crippen LogP contribution in [0.15, 0.2) is 59.7 Å². The molecule has 1 aliphatic rings.